The summed E-state index contributed by atoms with van der Waals surface area (Å²) in [6.07, 6.45) is 1.92. The van der Waals surface area contributed by atoms with Crippen molar-refractivity contribution in [1.82, 2.24) is 14.8 Å². The van der Waals surface area contributed by atoms with E-state index in [2.05, 4.69) is 33.1 Å². The van der Waals surface area contributed by atoms with Crippen molar-refractivity contribution in [1.29, 1.82) is 0 Å². The summed E-state index contributed by atoms with van der Waals surface area (Å²) in [5.74, 6) is 0.181. The van der Waals surface area contributed by atoms with E-state index in [4.69, 9.17) is 0 Å². The molecule has 20 heavy (non-hydrogen) atoms. The van der Waals surface area contributed by atoms with Gasteiger partial charge in [-0.25, -0.2) is 14.3 Å². The summed E-state index contributed by atoms with van der Waals surface area (Å²) in [6, 6.07) is 4.96. The minimum absolute atomic E-state index is 0.211. The number of benzene rings is 1. The zero-order chi connectivity index (χ0) is 14.5. The van der Waals surface area contributed by atoms with Gasteiger partial charge in [0, 0.05) is 16.8 Å². The van der Waals surface area contributed by atoms with Gasteiger partial charge in [0.2, 0.25) is 0 Å². The third kappa shape index (κ3) is 3.73. The number of nitrogens with zero attached hydrogens (tertiary/aromatic N) is 2. The van der Waals surface area contributed by atoms with Gasteiger partial charge in [-0.3, -0.25) is 4.57 Å². The third-order valence-corrected chi connectivity index (χ3v) is 4.35. The Kier molecular flexibility index (Phi) is 5.42. The molecule has 0 saturated carbocycles. The number of unbranched alkanes of at least 4 members (excludes halogenated alkanes) is 1. The van der Waals surface area contributed by atoms with Gasteiger partial charge in [-0.2, -0.15) is 0 Å². The number of hydrogen-bond donors (Lipinski definition) is 1. The highest BCUT2D eigenvalue weighted by Gasteiger charge is 2.10. The van der Waals surface area contributed by atoms with Crippen LogP contribution in [0.4, 0.5) is 4.39 Å². The quantitative estimate of drug-likeness (QED) is 0.802. The van der Waals surface area contributed by atoms with Crippen LogP contribution in [0.25, 0.3) is 0 Å². The molecule has 0 saturated heterocycles. The van der Waals surface area contributed by atoms with Crippen LogP contribution in [0.15, 0.2) is 32.6 Å². The smallest absolute Gasteiger partial charge is 0.270 e. The lowest BCUT2D eigenvalue weighted by Gasteiger charge is -2.05. The van der Waals surface area contributed by atoms with E-state index in [1.807, 2.05) is 0 Å². The number of aromatic amines is 1. The Morgan fingerprint density at radius 1 is 1.50 bits per heavy atom. The molecule has 2 rings (SSSR count). The van der Waals surface area contributed by atoms with Crippen LogP contribution in [0, 0.1) is 5.82 Å². The molecule has 0 atom stereocenters. The SMILES string of the molecule is CCCCn1c(SCc2ccc(Br)cc2F)n[nH]c1=O. The summed E-state index contributed by atoms with van der Waals surface area (Å²) in [6.45, 7) is 2.70. The number of aromatic nitrogens is 3. The van der Waals surface area contributed by atoms with Crippen LogP contribution in [0.5, 0.6) is 0 Å². The van der Waals surface area contributed by atoms with Crippen molar-refractivity contribution in [2.45, 2.75) is 37.2 Å². The van der Waals surface area contributed by atoms with Crippen molar-refractivity contribution in [2.24, 2.45) is 0 Å². The van der Waals surface area contributed by atoms with Gasteiger partial charge in [0.25, 0.3) is 0 Å². The Labute approximate surface area is 128 Å². The molecular formula is C13H15BrFN3OS. The number of nitrogens with one attached hydrogen (secondary N) is 1. The van der Waals surface area contributed by atoms with Crippen LogP contribution in [0.2, 0.25) is 0 Å². The van der Waals surface area contributed by atoms with Crippen molar-refractivity contribution in [3.05, 3.63) is 44.5 Å². The monoisotopic (exact) mass is 359 g/mol. The lowest BCUT2D eigenvalue weighted by molar-refractivity contribution is 0.572. The standard InChI is InChI=1S/C13H15BrFN3OS/c1-2-3-6-18-12(19)16-17-13(18)20-8-9-4-5-10(14)7-11(9)15/h4-5,7H,2-3,6,8H2,1H3,(H,16,19). The van der Waals surface area contributed by atoms with E-state index < -0.39 is 0 Å². The molecule has 0 aliphatic heterocycles. The van der Waals surface area contributed by atoms with Crippen molar-refractivity contribution < 1.29 is 4.39 Å². The molecule has 2 aromatic rings. The van der Waals surface area contributed by atoms with Crippen LogP contribution in [-0.2, 0) is 12.3 Å². The second-order valence-electron chi connectivity index (χ2n) is 4.34. The fourth-order valence-electron chi connectivity index (χ4n) is 1.71. The van der Waals surface area contributed by atoms with Crippen molar-refractivity contribution in [2.75, 3.05) is 0 Å². The van der Waals surface area contributed by atoms with Gasteiger partial charge in [0.15, 0.2) is 5.16 Å². The predicted molar refractivity (Wildman–Crippen MR) is 81.4 cm³/mol. The molecule has 0 aliphatic carbocycles. The Hall–Kier alpha value is -1.08. The number of rotatable bonds is 6. The van der Waals surface area contributed by atoms with E-state index in [0.29, 0.717) is 27.5 Å². The molecule has 0 spiro atoms. The fraction of sp³-hybridized carbons (Fsp3) is 0.385. The molecule has 0 bridgehead atoms. The van der Waals surface area contributed by atoms with Crippen LogP contribution in [0.1, 0.15) is 25.3 Å². The van der Waals surface area contributed by atoms with Gasteiger partial charge < -0.3 is 0 Å². The molecule has 7 heteroatoms. The van der Waals surface area contributed by atoms with Gasteiger partial charge in [0.05, 0.1) is 0 Å². The number of thioether (sulfide) groups is 1. The van der Waals surface area contributed by atoms with Gasteiger partial charge in [0.1, 0.15) is 5.82 Å². The zero-order valence-electron chi connectivity index (χ0n) is 11.0. The lowest BCUT2D eigenvalue weighted by atomic mass is 10.2. The summed E-state index contributed by atoms with van der Waals surface area (Å²) in [5, 5.41) is 7.03. The largest absolute Gasteiger partial charge is 0.343 e. The van der Waals surface area contributed by atoms with Crippen molar-refractivity contribution >= 4 is 27.7 Å². The molecule has 1 heterocycles. The molecule has 1 N–H and O–H groups in total. The predicted octanol–water partition coefficient (Wildman–Crippen LogP) is 3.57. The molecule has 1 aromatic carbocycles. The number of halogens is 2. The molecule has 0 fully saturated rings. The molecule has 0 unspecified atom stereocenters. The van der Waals surface area contributed by atoms with Crippen LogP contribution < -0.4 is 5.69 Å². The van der Waals surface area contributed by atoms with Gasteiger partial charge in [-0.1, -0.05) is 47.1 Å². The first kappa shape index (κ1) is 15.3. The number of hydrogen-bond acceptors (Lipinski definition) is 3. The Bertz CT molecular complexity index is 641. The normalized spacial score (nSPS) is 10.9. The molecule has 4 nitrogen and oxygen atoms in total. The second kappa shape index (κ2) is 7.08. The van der Waals surface area contributed by atoms with E-state index >= 15 is 0 Å². The maximum Gasteiger partial charge on any atom is 0.343 e. The van der Waals surface area contributed by atoms with Crippen molar-refractivity contribution in [3.8, 4) is 0 Å². The summed E-state index contributed by atoms with van der Waals surface area (Å²) < 4.78 is 16.0. The zero-order valence-corrected chi connectivity index (χ0v) is 13.4. The Morgan fingerprint density at radius 3 is 3.00 bits per heavy atom. The topological polar surface area (TPSA) is 50.7 Å². The summed E-state index contributed by atoms with van der Waals surface area (Å²) in [7, 11) is 0. The van der Waals surface area contributed by atoms with Crippen LogP contribution >= 0.6 is 27.7 Å². The lowest BCUT2D eigenvalue weighted by Crippen LogP contribution is -2.17. The average molecular weight is 360 g/mol. The molecule has 0 radical (unpaired) electrons. The summed E-state index contributed by atoms with van der Waals surface area (Å²) >= 11 is 4.58. The highest BCUT2D eigenvalue weighted by Crippen LogP contribution is 2.23. The summed E-state index contributed by atoms with van der Waals surface area (Å²) in [4.78, 5) is 11.6. The van der Waals surface area contributed by atoms with E-state index in [1.165, 1.54) is 17.8 Å². The maximum absolute atomic E-state index is 13.7. The van der Waals surface area contributed by atoms with Crippen LogP contribution in [0.3, 0.4) is 0 Å². The molecule has 108 valence electrons. The van der Waals surface area contributed by atoms with Crippen LogP contribution in [-0.4, -0.2) is 14.8 Å². The minimum atomic E-state index is -0.259. The highest BCUT2D eigenvalue weighted by molar-refractivity contribution is 9.10. The van der Waals surface area contributed by atoms with Gasteiger partial charge in [-0.15, -0.1) is 5.10 Å². The second-order valence-corrected chi connectivity index (χ2v) is 6.20. The summed E-state index contributed by atoms with van der Waals surface area (Å²) in [5.41, 5.74) is 0.382. The molecular weight excluding hydrogens is 345 g/mol. The van der Waals surface area contributed by atoms with Crippen molar-refractivity contribution in [3.63, 3.8) is 0 Å². The third-order valence-electron chi connectivity index (χ3n) is 2.83. The molecule has 0 aliphatic rings. The maximum atomic E-state index is 13.7. The highest BCUT2D eigenvalue weighted by atomic mass is 79.9. The first-order chi connectivity index (χ1) is 9.61. The van der Waals surface area contributed by atoms with E-state index in [1.54, 1.807) is 16.7 Å². The Morgan fingerprint density at radius 2 is 2.30 bits per heavy atom. The van der Waals surface area contributed by atoms with E-state index in [-0.39, 0.29) is 11.5 Å². The first-order valence-electron chi connectivity index (χ1n) is 6.33. The Balaban J connectivity index is 2.09. The minimum Gasteiger partial charge on any atom is -0.270 e. The first-order valence-corrected chi connectivity index (χ1v) is 8.11. The van der Waals surface area contributed by atoms with Gasteiger partial charge in [-0.05, 0) is 24.1 Å². The van der Waals surface area contributed by atoms with E-state index in [0.717, 1.165) is 12.8 Å². The van der Waals surface area contributed by atoms with E-state index in [9.17, 15) is 9.18 Å². The molecule has 0 amide bonds. The average Bonchev–Trinajstić information content (AvgIpc) is 2.76. The molecule has 1 aromatic heterocycles. The fourth-order valence-corrected chi connectivity index (χ4v) is 3.00. The number of H-pyrrole nitrogens is 1. The van der Waals surface area contributed by atoms with Gasteiger partial charge >= 0.3 is 5.69 Å².